The van der Waals surface area contributed by atoms with Crippen LogP contribution in [0.1, 0.15) is 55.8 Å². The van der Waals surface area contributed by atoms with Crippen molar-refractivity contribution in [3.8, 4) is 0 Å². The van der Waals surface area contributed by atoms with E-state index in [1.165, 1.54) is 5.56 Å². The summed E-state index contributed by atoms with van der Waals surface area (Å²) in [7, 11) is 0. The first-order valence-corrected chi connectivity index (χ1v) is 13.7. The number of piperazine rings is 1. The summed E-state index contributed by atoms with van der Waals surface area (Å²) in [5.74, 6) is 0.206. The number of hydrogen-bond donors (Lipinski definition) is 1. The molecule has 7 nitrogen and oxygen atoms in total. The zero-order valence-electron chi connectivity index (χ0n) is 22.3. The molecule has 3 atom stereocenters. The van der Waals surface area contributed by atoms with Gasteiger partial charge in [0.15, 0.2) is 0 Å². The monoisotopic (exact) mass is 526 g/mol. The van der Waals surface area contributed by atoms with Crippen LogP contribution in [-0.2, 0) is 9.53 Å². The second-order valence-electron chi connectivity index (χ2n) is 10.4. The first kappa shape index (κ1) is 27.3. The van der Waals surface area contributed by atoms with Crippen LogP contribution in [0.15, 0.2) is 42.5 Å². The summed E-state index contributed by atoms with van der Waals surface area (Å²) >= 11 is 6.11. The number of aryl methyl sites for hydroxylation is 1. The van der Waals surface area contributed by atoms with Gasteiger partial charge in [-0.2, -0.15) is 0 Å². The summed E-state index contributed by atoms with van der Waals surface area (Å²) in [6.45, 7) is 11.5. The molecule has 2 aromatic carbocycles. The van der Waals surface area contributed by atoms with Crippen molar-refractivity contribution in [1.29, 1.82) is 0 Å². The van der Waals surface area contributed by atoms with E-state index in [0.717, 1.165) is 16.8 Å². The molecular weight excluding hydrogens is 488 g/mol. The predicted molar refractivity (Wildman–Crippen MR) is 148 cm³/mol. The fourth-order valence-corrected chi connectivity index (χ4v) is 5.64. The van der Waals surface area contributed by atoms with E-state index in [-0.39, 0.29) is 24.5 Å². The number of rotatable bonds is 6. The summed E-state index contributed by atoms with van der Waals surface area (Å²) in [6.07, 6.45) is 0.277. The lowest BCUT2D eigenvalue weighted by Gasteiger charge is -2.40. The molecule has 4 rings (SSSR count). The van der Waals surface area contributed by atoms with E-state index >= 15 is 0 Å². The van der Waals surface area contributed by atoms with Gasteiger partial charge >= 0.3 is 6.09 Å². The number of nitrogens with two attached hydrogens (primary N) is 1. The molecule has 0 aliphatic carbocycles. The summed E-state index contributed by atoms with van der Waals surface area (Å²) in [6, 6.07) is 13.4. The Hall–Kier alpha value is -2.77. The van der Waals surface area contributed by atoms with Gasteiger partial charge in [0, 0.05) is 55.4 Å². The smallest absolute Gasteiger partial charge is 0.410 e. The quantitative estimate of drug-likeness (QED) is 0.575. The van der Waals surface area contributed by atoms with Crippen LogP contribution in [0.5, 0.6) is 0 Å². The van der Waals surface area contributed by atoms with Crippen molar-refractivity contribution in [2.24, 2.45) is 11.7 Å². The Morgan fingerprint density at radius 1 is 1.05 bits per heavy atom. The number of likely N-dealkylation sites (tertiary alicyclic amines) is 1. The van der Waals surface area contributed by atoms with Crippen LogP contribution in [0, 0.1) is 12.8 Å². The van der Waals surface area contributed by atoms with E-state index in [0.29, 0.717) is 50.1 Å². The number of ether oxygens (including phenoxy) is 1. The lowest BCUT2D eigenvalue weighted by Crippen LogP contribution is -2.55. The van der Waals surface area contributed by atoms with Gasteiger partial charge in [-0.1, -0.05) is 55.3 Å². The number of nitrogens with zero attached hydrogens (tertiary/aromatic N) is 3. The Morgan fingerprint density at radius 2 is 1.73 bits per heavy atom. The molecule has 0 radical (unpaired) electrons. The van der Waals surface area contributed by atoms with Gasteiger partial charge in [-0.15, -0.1) is 0 Å². The highest BCUT2D eigenvalue weighted by atomic mass is 35.5. The highest BCUT2D eigenvalue weighted by Crippen LogP contribution is 2.36. The van der Waals surface area contributed by atoms with E-state index in [9.17, 15) is 9.59 Å². The number of carbonyl (C=O) groups is 2. The Morgan fingerprint density at radius 3 is 2.35 bits per heavy atom. The molecule has 2 aliphatic heterocycles. The second-order valence-corrected chi connectivity index (χ2v) is 10.9. The van der Waals surface area contributed by atoms with E-state index in [1.54, 1.807) is 11.8 Å². The molecule has 0 unspecified atom stereocenters. The molecule has 8 heteroatoms. The van der Waals surface area contributed by atoms with Gasteiger partial charge in [-0.3, -0.25) is 9.69 Å². The zero-order valence-corrected chi connectivity index (χ0v) is 23.1. The standard InChI is InChI=1S/C29H39ClN4O3/c1-5-37-29(36)34-13-12-23(21-7-9-22(30)10-8-21)27(34)28(35)33-16-14-32(15-17-33)25-11-6-20(4)18-24(25)26(31)19(2)3/h6-11,18-19,23,26-27H,5,12-17,31H2,1-4H3/t23-,26+,27+/m1/s1. The summed E-state index contributed by atoms with van der Waals surface area (Å²) < 4.78 is 5.31. The molecule has 2 N–H and O–H groups in total. The minimum absolute atomic E-state index is 0.0202. The lowest BCUT2D eigenvalue weighted by atomic mass is 9.90. The first-order chi connectivity index (χ1) is 17.7. The Kier molecular flexibility index (Phi) is 8.65. The SMILES string of the molecule is CCOC(=O)N1CC[C@H](c2ccc(Cl)cc2)[C@H]1C(=O)N1CCN(c2ccc(C)cc2[C@@H](N)C(C)C)CC1. The Balaban J connectivity index is 1.53. The van der Waals surface area contributed by atoms with Gasteiger partial charge in [0.25, 0.3) is 0 Å². The summed E-state index contributed by atoms with van der Waals surface area (Å²) in [5, 5.41) is 0.649. The molecule has 200 valence electrons. The molecule has 2 heterocycles. The van der Waals surface area contributed by atoms with Gasteiger partial charge < -0.3 is 20.3 Å². The normalized spacial score (nSPS) is 20.9. The molecule has 0 spiro atoms. The average Bonchev–Trinajstić information content (AvgIpc) is 3.34. The molecule has 0 bridgehead atoms. The summed E-state index contributed by atoms with van der Waals surface area (Å²) in [4.78, 5) is 32.6. The average molecular weight is 527 g/mol. The molecule has 2 aliphatic rings. The lowest BCUT2D eigenvalue weighted by molar-refractivity contribution is -0.136. The van der Waals surface area contributed by atoms with E-state index < -0.39 is 12.1 Å². The van der Waals surface area contributed by atoms with Gasteiger partial charge in [0.05, 0.1) is 6.61 Å². The highest BCUT2D eigenvalue weighted by Gasteiger charge is 2.45. The highest BCUT2D eigenvalue weighted by molar-refractivity contribution is 6.30. The minimum atomic E-state index is -0.587. The van der Waals surface area contributed by atoms with Crippen molar-refractivity contribution in [1.82, 2.24) is 9.80 Å². The predicted octanol–water partition coefficient (Wildman–Crippen LogP) is 4.97. The maximum Gasteiger partial charge on any atom is 0.410 e. The number of anilines is 1. The van der Waals surface area contributed by atoms with Crippen LogP contribution >= 0.6 is 11.6 Å². The molecule has 2 amide bonds. The van der Waals surface area contributed by atoms with E-state index in [4.69, 9.17) is 22.1 Å². The van der Waals surface area contributed by atoms with Gasteiger partial charge in [0.2, 0.25) is 5.91 Å². The van der Waals surface area contributed by atoms with Crippen LogP contribution < -0.4 is 10.6 Å². The number of benzene rings is 2. The second kappa shape index (κ2) is 11.7. The van der Waals surface area contributed by atoms with Crippen LogP contribution in [0.2, 0.25) is 5.02 Å². The Labute approximate surface area is 225 Å². The minimum Gasteiger partial charge on any atom is -0.450 e. The van der Waals surface area contributed by atoms with Gasteiger partial charge in [-0.25, -0.2) is 4.79 Å². The zero-order chi connectivity index (χ0) is 26.7. The van der Waals surface area contributed by atoms with Crippen molar-refractivity contribution >= 4 is 29.3 Å². The van der Waals surface area contributed by atoms with Crippen molar-refractivity contribution in [2.45, 2.75) is 52.1 Å². The fourth-order valence-electron chi connectivity index (χ4n) is 5.51. The number of carbonyl (C=O) groups excluding carboxylic acids is 2. The molecule has 2 fully saturated rings. The fraction of sp³-hybridized carbons (Fsp3) is 0.517. The third-order valence-corrected chi connectivity index (χ3v) is 7.90. The molecule has 37 heavy (non-hydrogen) atoms. The molecule has 0 saturated carbocycles. The molecule has 0 aromatic heterocycles. The number of hydrogen-bond acceptors (Lipinski definition) is 5. The first-order valence-electron chi connectivity index (χ1n) is 13.3. The molecular formula is C29H39ClN4O3. The van der Waals surface area contributed by atoms with Crippen molar-refractivity contribution in [3.63, 3.8) is 0 Å². The molecule has 2 saturated heterocycles. The maximum atomic E-state index is 13.9. The van der Waals surface area contributed by atoms with Crippen LogP contribution in [0.3, 0.4) is 0 Å². The van der Waals surface area contributed by atoms with Crippen LogP contribution in [0.4, 0.5) is 10.5 Å². The van der Waals surface area contributed by atoms with Gasteiger partial charge in [-0.05, 0) is 55.5 Å². The van der Waals surface area contributed by atoms with Crippen LogP contribution in [-0.4, -0.2) is 67.2 Å². The van der Waals surface area contributed by atoms with Crippen molar-refractivity contribution in [3.05, 3.63) is 64.2 Å². The van der Waals surface area contributed by atoms with Gasteiger partial charge in [0.1, 0.15) is 6.04 Å². The summed E-state index contributed by atoms with van der Waals surface area (Å²) in [5.41, 5.74) is 11.1. The number of halogens is 1. The third kappa shape index (κ3) is 5.88. The third-order valence-electron chi connectivity index (χ3n) is 7.64. The van der Waals surface area contributed by atoms with Crippen molar-refractivity contribution < 1.29 is 14.3 Å². The van der Waals surface area contributed by atoms with Crippen LogP contribution in [0.25, 0.3) is 0 Å². The maximum absolute atomic E-state index is 13.9. The Bertz CT molecular complexity index is 1100. The largest absolute Gasteiger partial charge is 0.450 e. The van der Waals surface area contributed by atoms with Crippen molar-refractivity contribution in [2.75, 3.05) is 44.2 Å². The topological polar surface area (TPSA) is 79.1 Å². The molecule has 2 aromatic rings. The van der Waals surface area contributed by atoms with E-state index in [2.05, 4.69) is 43.9 Å². The van der Waals surface area contributed by atoms with E-state index in [1.807, 2.05) is 29.2 Å². The number of amides is 2.